The topological polar surface area (TPSA) is 76.0 Å². The number of carbonyl (C=O) groups excluding carboxylic acids is 1. The molecule has 5 unspecified atom stereocenters. The third-order valence-corrected chi connectivity index (χ3v) is 3.23. The second-order valence-electron chi connectivity index (χ2n) is 5.52. The fraction of sp³-hybridized carbons (Fsp3) is 0.923. The average molecular weight is 260 g/mol. The van der Waals surface area contributed by atoms with Crippen LogP contribution in [-0.2, 0) is 14.3 Å². The van der Waals surface area contributed by atoms with Gasteiger partial charge in [0.15, 0.2) is 12.1 Å². The number of carbonyl (C=O) groups is 1. The summed E-state index contributed by atoms with van der Waals surface area (Å²) in [7, 11) is 0. The van der Waals surface area contributed by atoms with Gasteiger partial charge in [0.2, 0.25) is 0 Å². The van der Waals surface area contributed by atoms with E-state index in [9.17, 15) is 15.0 Å². The van der Waals surface area contributed by atoms with Gasteiger partial charge in [0.1, 0.15) is 12.2 Å². The molecule has 0 bridgehead atoms. The molecule has 106 valence electrons. The molecule has 1 saturated heterocycles. The molecular weight excluding hydrogens is 236 g/mol. The van der Waals surface area contributed by atoms with Crippen LogP contribution in [0, 0.1) is 11.8 Å². The lowest BCUT2D eigenvalue weighted by Crippen LogP contribution is -2.58. The van der Waals surface area contributed by atoms with Crippen LogP contribution in [0.1, 0.15) is 34.6 Å². The maximum Gasteiger partial charge on any atom is 0.187 e. The summed E-state index contributed by atoms with van der Waals surface area (Å²) in [6.45, 7) is 8.82. The van der Waals surface area contributed by atoms with Crippen LogP contribution in [0.3, 0.4) is 0 Å². The Morgan fingerprint density at radius 2 is 1.72 bits per heavy atom. The van der Waals surface area contributed by atoms with Gasteiger partial charge >= 0.3 is 0 Å². The molecule has 1 aliphatic heterocycles. The first-order valence-corrected chi connectivity index (χ1v) is 6.43. The summed E-state index contributed by atoms with van der Waals surface area (Å²) >= 11 is 0. The van der Waals surface area contributed by atoms with Crippen LogP contribution in [-0.4, -0.2) is 46.7 Å². The summed E-state index contributed by atoms with van der Waals surface area (Å²) < 4.78 is 10.9. The van der Waals surface area contributed by atoms with Gasteiger partial charge in [0, 0.05) is 5.92 Å². The Morgan fingerprint density at radius 1 is 1.17 bits per heavy atom. The molecule has 0 aromatic rings. The monoisotopic (exact) mass is 260 g/mol. The van der Waals surface area contributed by atoms with Gasteiger partial charge in [-0.1, -0.05) is 13.8 Å². The summed E-state index contributed by atoms with van der Waals surface area (Å²) in [6.07, 6.45) is -3.98. The van der Waals surface area contributed by atoms with E-state index in [0.717, 1.165) is 0 Å². The predicted molar refractivity (Wildman–Crippen MR) is 65.9 cm³/mol. The zero-order valence-electron chi connectivity index (χ0n) is 11.7. The molecule has 0 aliphatic carbocycles. The molecule has 0 radical (unpaired) electrons. The van der Waals surface area contributed by atoms with Crippen LogP contribution < -0.4 is 0 Å². The standard InChI is InChI=1S/C13H24O5/c1-6(2)9-10(15)11(16)13(17-7(3)4)18-12(9)8(5)14/h6-7,9-13,15-16H,1-5H3. The first-order valence-electron chi connectivity index (χ1n) is 6.43. The molecule has 5 atom stereocenters. The summed E-state index contributed by atoms with van der Waals surface area (Å²) in [5, 5.41) is 20.1. The van der Waals surface area contributed by atoms with Crippen molar-refractivity contribution in [2.24, 2.45) is 11.8 Å². The molecule has 0 aromatic heterocycles. The smallest absolute Gasteiger partial charge is 0.187 e. The number of aliphatic hydroxyl groups is 2. The van der Waals surface area contributed by atoms with Crippen LogP contribution in [0.25, 0.3) is 0 Å². The lowest BCUT2D eigenvalue weighted by molar-refractivity contribution is -0.292. The normalized spacial score (nSPS) is 37.3. The maximum atomic E-state index is 11.6. The van der Waals surface area contributed by atoms with Crippen molar-refractivity contribution in [1.82, 2.24) is 0 Å². The zero-order chi connectivity index (χ0) is 14.0. The van der Waals surface area contributed by atoms with Gasteiger partial charge in [0.05, 0.1) is 12.2 Å². The highest BCUT2D eigenvalue weighted by atomic mass is 16.7. The van der Waals surface area contributed by atoms with Crippen LogP contribution in [0.2, 0.25) is 0 Å². The van der Waals surface area contributed by atoms with E-state index in [2.05, 4.69) is 0 Å². The Balaban J connectivity index is 2.91. The van der Waals surface area contributed by atoms with Crippen molar-refractivity contribution in [1.29, 1.82) is 0 Å². The van der Waals surface area contributed by atoms with Crippen molar-refractivity contribution in [2.45, 2.75) is 65.3 Å². The summed E-state index contributed by atoms with van der Waals surface area (Å²) in [4.78, 5) is 11.6. The molecule has 2 N–H and O–H groups in total. The van der Waals surface area contributed by atoms with E-state index in [1.54, 1.807) is 13.8 Å². The second-order valence-corrected chi connectivity index (χ2v) is 5.52. The molecule has 1 aliphatic rings. The van der Waals surface area contributed by atoms with Crippen LogP contribution in [0.4, 0.5) is 0 Å². The minimum absolute atomic E-state index is 0.0311. The van der Waals surface area contributed by atoms with Crippen LogP contribution in [0.5, 0.6) is 0 Å². The Hall–Kier alpha value is -0.490. The van der Waals surface area contributed by atoms with E-state index < -0.39 is 30.5 Å². The van der Waals surface area contributed by atoms with Crippen molar-refractivity contribution in [3.63, 3.8) is 0 Å². The van der Waals surface area contributed by atoms with Gasteiger partial charge < -0.3 is 19.7 Å². The van der Waals surface area contributed by atoms with E-state index in [0.29, 0.717) is 0 Å². The number of ketones is 1. The predicted octanol–water partition coefficient (Wildman–Crippen LogP) is 0.719. The molecule has 1 heterocycles. The first kappa shape index (κ1) is 15.6. The van der Waals surface area contributed by atoms with E-state index in [1.165, 1.54) is 6.92 Å². The van der Waals surface area contributed by atoms with E-state index in [-0.39, 0.29) is 17.8 Å². The Kier molecular flexibility index (Phi) is 5.28. The van der Waals surface area contributed by atoms with Crippen LogP contribution in [0.15, 0.2) is 0 Å². The third kappa shape index (κ3) is 3.29. The number of Topliss-reactive ketones (excluding diaryl/α,β-unsaturated/α-hetero) is 1. The van der Waals surface area contributed by atoms with Gasteiger partial charge in [0.25, 0.3) is 0 Å². The van der Waals surface area contributed by atoms with Gasteiger partial charge in [-0.25, -0.2) is 0 Å². The van der Waals surface area contributed by atoms with Crippen molar-refractivity contribution in [3.05, 3.63) is 0 Å². The quantitative estimate of drug-likeness (QED) is 0.779. The number of ether oxygens (including phenoxy) is 2. The Bertz CT molecular complexity index is 287. The van der Waals surface area contributed by atoms with E-state index in [1.807, 2.05) is 13.8 Å². The summed E-state index contributed by atoms with van der Waals surface area (Å²) in [6, 6.07) is 0. The maximum absolute atomic E-state index is 11.6. The minimum Gasteiger partial charge on any atom is -0.390 e. The van der Waals surface area contributed by atoms with Gasteiger partial charge in [-0.2, -0.15) is 0 Å². The van der Waals surface area contributed by atoms with Crippen molar-refractivity contribution in [2.75, 3.05) is 0 Å². The number of aliphatic hydroxyl groups excluding tert-OH is 2. The van der Waals surface area contributed by atoms with Gasteiger partial charge in [-0.15, -0.1) is 0 Å². The average Bonchev–Trinajstić information content (AvgIpc) is 2.22. The molecule has 0 amide bonds. The molecule has 1 fully saturated rings. The zero-order valence-corrected chi connectivity index (χ0v) is 11.7. The molecule has 0 spiro atoms. The minimum atomic E-state index is -1.13. The number of hydrogen-bond donors (Lipinski definition) is 2. The SMILES string of the molecule is CC(=O)C1OC(OC(C)C)C(O)C(O)C1C(C)C. The lowest BCUT2D eigenvalue weighted by atomic mass is 9.79. The van der Waals surface area contributed by atoms with Gasteiger partial charge in [-0.05, 0) is 26.7 Å². The largest absolute Gasteiger partial charge is 0.390 e. The fourth-order valence-corrected chi connectivity index (χ4v) is 2.38. The van der Waals surface area contributed by atoms with Gasteiger partial charge in [-0.3, -0.25) is 4.79 Å². The Morgan fingerprint density at radius 3 is 2.11 bits per heavy atom. The lowest BCUT2D eigenvalue weighted by Gasteiger charge is -2.43. The number of rotatable bonds is 4. The molecular formula is C13H24O5. The first-order chi connectivity index (χ1) is 8.25. The molecule has 0 aromatic carbocycles. The highest BCUT2D eigenvalue weighted by molar-refractivity contribution is 5.81. The molecule has 5 heteroatoms. The molecule has 0 saturated carbocycles. The fourth-order valence-electron chi connectivity index (χ4n) is 2.38. The van der Waals surface area contributed by atoms with Crippen molar-refractivity contribution >= 4 is 5.78 Å². The van der Waals surface area contributed by atoms with Crippen molar-refractivity contribution in [3.8, 4) is 0 Å². The molecule has 18 heavy (non-hydrogen) atoms. The highest BCUT2D eigenvalue weighted by Crippen LogP contribution is 2.32. The summed E-state index contributed by atoms with van der Waals surface area (Å²) in [5.41, 5.74) is 0. The van der Waals surface area contributed by atoms with Crippen LogP contribution >= 0.6 is 0 Å². The third-order valence-electron chi connectivity index (χ3n) is 3.23. The highest BCUT2D eigenvalue weighted by Gasteiger charge is 2.47. The molecule has 1 rings (SSSR count). The van der Waals surface area contributed by atoms with E-state index in [4.69, 9.17) is 9.47 Å². The number of hydrogen-bond acceptors (Lipinski definition) is 5. The summed E-state index contributed by atoms with van der Waals surface area (Å²) in [5.74, 6) is -0.537. The van der Waals surface area contributed by atoms with Crippen molar-refractivity contribution < 1.29 is 24.5 Å². The Labute approximate surface area is 108 Å². The van der Waals surface area contributed by atoms with E-state index >= 15 is 0 Å². The molecule has 5 nitrogen and oxygen atoms in total. The second kappa shape index (κ2) is 6.10.